The number of amides is 2. The molecule has 2 unspecified atom stereocenters. The predicted octanol–water partition coefficient (Wildman–Crippen LogP) is 3.91. The van der Waals surface area contributed by atoms with Gasteiger partial charge in [-0.15, -0.1) is 11.3 Å². The van der Waals surface area contributed by atoms with Gasteiger partial charge in [-0.1, -0.05) is 25.3 Å². The van der Waals surface area contributed by atoms with Gasteiger partial charge in [0.15, 0.2) is 0 Å². The van der Waals surface area contributed by atoms with Crippen LogP contribution in [0.1, 0.15) is 62.8 Å². The van der Waals surface area contributed by atoms with Gasteiger partial charge >= 0.3 is 6.03 Å². The van der Waals surface area contributed by atoms with Crippen molar-refractivity contribution in [2.45, 2.75) is 70.0 Å². The van der Waals surface area contributed by atoms with Crippen molar-refractivity contribution in [1.82, 2.24) is 15.5 Å². The Morgan fingerprint density at radius 3 is 2.61 bits per heavy atom. The number of nitrogens with one attached hydrogen (secondary N) is 2. The Labute approximate surface area is 143 Å². The third-order valence-corrected chi connectivity index (χ3v) is 6.08. The number of likely N-dealkylation sites (tertiary alicyclic amines) is 1. The van der Waals surface area contributed by atoms with Crippen LogP contribution in [0.3, 0.4) is 0 Å². The van der Waals surface area contributed by atoms with Crippen LogP contribution in [0.25, 0.3) is 0 Å². The van der Waals surface area contributed by atoms with Gasteiger partial charge in [-0.25, -0.2) is 4.79 Å². The van der Waals surface area contributed by atoms with Gasteiger partial charge in [0.25, 0.3) is 0 Å². The summed E-state index contributed by atoms with van der Waals surface area (Å²) in [6, 6.07) is 5.10. The zero-order valence-corrected chi connectivity index (χ0v) is 14.9. The molecule has 2 atom stereocenters. The number of carbonyl (C=O) groups is 1. The molecule has 1 saturated carbocycles. The highest BCUT2D eigenvalue weighted by Gasteiger charge is 2.30. The Balaban J connectivity index is 1.59. The lowest BCUT2D eigenvalue weighted by Gasteiger charge is -2.33. The Bertz CT molecular complexity index is 478. The minimum absolute atomic E-state index is 0.00477. The molecule has 5 heteroatoms. The third-order valence-electron chi connectivity index (χ3n) is 5.14. The normalized spacial score (nSPS) is 22.7. The van der Waals surface area contributed by atoms with Crippen LogP contribution in [0.2, 0.25) is 0 Å². The molecule has 2 N–H and O–H groups in total. The van der Waals surface area contributed by atoms with Crippen LogP contribution in [-0.2, 0) is 0 Å². The first-order valence-electron chi connectivity index (χ1n) is 9.08. The van der Waals surface area contributed by atoms with E-state index in [-0.39, 0.29) is 12.1 Å². The molecule has 0 bridgehead atoms. The molecular weight excluding hydrogens is 306 g/mol. The first kappa shape index (κ1) is 16.8. The third kappa shape index (κ3) is 4.48. The maximum absolute atomic E-state index is 12.4. The largest absolute Gasteiger partial charge is 0.335 e. The van der Waals surface area contributed by atoms with E-state index in [1.54, 1.807) is 11.3 Å². The molecule has 1 aliphatic carbocycles. The minimum atomic E-state index is 0.00477. The topological polar surface area (TPSA) is 44.4 Å². The predicted molar refractivity (Wildman–Crippen MR) is 95.9 cm³/mol. The van der Waals surface area contributed by atoms with Gasteiger partial charge in [-0.2, -0.15) is 0 Å². The van der Waals surface area contributed by atoms with E-state index in [0.717, 1.165) is 25.9 Å². The lowest BCUT2D eigenvalue weighted by Crippen LogP contribution is -2.50. The molecule has 2 heterocycles. The van der Waals surface area contributed by atoms with Crippen LogP contribution in [0.4, 0.5) is 4.79 Å². The van der Waals surface area contributed by atoms with Crippen LogP contribution >= 0.6 is 11.3 Å². The fourth-order valence-corrected chi connectivity index (χ4v) is 4.95. The number of hydrogen-bond acceptors (Lipinski definition) is 3. The second-order valence-corrected chi connectivity index (χ2v) is 7.92. The maximum Gasteiger partial charge on any atom is 0.315 e. The number of hydrogen-bond donors (Lipinski definition) is 2. The molecule has 2 amide bonds. The number of rotatable bonds is 5. The molecule has 0 radical (unpaired) electrons. The van der Waals surface area contributed by atoms with Crippen LogP contribution < -0.4 is 10.6 Å². The molecule has 0 aromatic carbocycles. The van der Waals surface area contributed by atoms with E-state index in [0.29, 0.717) is 12.1 Å². The SMILES string of the molecule is CC(NC(=O)NC1CCCCC1)C(c1cccs1)N1CCCC1. The second-order valence-electron chi connectivity index (χ2n) is 6.94. The smallest absolute Gasteiger partial charge is 0.315 e. The number of thiophene rings is 1. The average Bonchev–Trinajstić information content (AvgIpc) is 3.22. The Morgan fingerprint density at radius 2 is 1.96 bits per heavy atom. The van der Waals surface area contributed by atoms with E-state index < -0.39 is 0 Å². The molecular formula is C18H29N3OS. The Kier molecular flexibility index (Phi) is 5.95. The summed E-state index contributed by atoms with van der Waals surface area (Å²) in [6.07, 6.45) is 8.58. The highest BCUT2D eigenvalue weighted by Crippen LogP contribution is 2.31. The monoisotopic (exact) mass is 335 g/mol. The summed E-state index contributed by atoms with van der Waals surface area (Å²) in [6.45, 7) is 4.42. The quantitative estimate of drug-likeness (QED) is 0.857. The van der Waals surface area contributed by atoms with Crippen molar-refractivity contribution in [3.05, 3.63) is 22.4 Å². The van der Waals surface area contributed by atoms with Gasteiger partial charge in [0.2, 0.25) is 0 Å². The van der Waals surface area contributed by atoms with Crippen molar-refractivity contribution < 1.29 is 4.79 Å². The van der Waals surface area contributed by atoms with Gasteiger partial charge in [-0.05, 0) is 57.1 Å². The molecule has 0 spiro atoms. The maximum atomic E-state index is 12.4. The van der Waals surface area contributed by atoms with Crippen LogP contribution in [-0.4, -0.2) is 36.1 Å². The molecule has 128 valence electrons. The fourth-order valence-electron chi connectivity index (χ4n) is 3.98. The molecule has 4 nitrogen and oxygen atoms in total. The van der Waals surface area contributed by atoms with Gasteiger partial charge in [0.1, 0.15) is 0 Å². The number of urea groups is 1. The molecule has 2 aliphatic rings. The van der Waals surface area contributed by atoms with Gasteiger partial charge in [0.05, 0.1) is 6.04 Å². The highest BCUT2D eigenvalue weighted by atomic mass is 32.1. The van der Waals surface area contributed by atoms with Crippen LogP contribution in [0.5, 0.6) is 0 Å². The molecule has 1 saturated heterocycles. The van der Waals surface area contributed by atoms with Crippen molar-refractivity contribution in [3.63, 3.8) is 0 Å². The summed E-state index contributed by atoms with van der Waals surface area (Å²) in [5, 5.41) is 8.51. The second kappa shape index (κ2) is 8.15. The molecule has 2 fully saturated rings. The van der Waals surface area contributed by atoms with E-state index in [1.165, 1.54) is 37.0 Å². The molecule has 1 aromatic heterocycles. The first-order valence-corrected chi connectivity index (χ1v) is 9.96. The highest BCUT2D eigenvalue weighted by molar-refractivity contribution is 7.10. The van der Waals surface area contributed by atoms with Crippen molar-refractivity contribution in [1.29, 1.82) is 0 Å². The number of nitrogens with zero attached hydrogens (tertiary/aromatic N) is 1. The summed E-state index contributed by atoms with van der Waals surface area (Å²) in [5.41, 5.74) is 0. The average molecular weight is 336 g/mol. The Hall–Kier alpha value is -1.07. The van der Waals surface area contributed by atoms with Gasteiger partial charge in [0, 0.05) is 17.0 Å². The summed E-state index contributed by atoms with van der Waals surface area (Å²) >= 11 is 1.80. The van der Waals surface area contributed by atoms with Crippen molar-refractivity contribution in [2.75, 3.05) is 13.1 Å². The summed E-state index contributed by atoms with van der Waals surface area (Å²) < 4.78 is 0. The van der Waals surface area contributed by atoms with E-state index >= 15 is 0 Å². The van der Waals surface area contributed by atoms with Crippen molar-refractivity contribution in [2.24, 2.45) is 0 Å². The minimum Gasteiger partial charge on any atom is -0.335 e. The molecule has 1 aromatic rings. The zero-order valence-electron chi connectivity index (χ0n) is 14.1. The lowest BCUT2D eigenvalue weighted by atomic mass is 9.96. The van der Waals surface area contributed by atoms with Gasteiger partial charge < -0.3 is 10.6 Å². The standard InChI is InChI=1S/C18H29N3OS/c1-14(19-18(22)20-15-8-3-2-4-9-15)17(16-10-7-13-23-16)21-11-5-6-12-21/h7,10,13-15,17H,2-6,8-9,11-12H2,1H3,(H2,19,20,22). The number of carbonyl (C=O) groups excluding carboxylic acids is 1. The molecule has 23 heavy (non-hydrogen) atoms. The fraction of sp³-hybridized carbons (Fsp3) is 0.722. The van der Waals surface area contributed by atoms with E-state index in [2.05, 4.69) is 40.0 Å². The lowest BCUT2D eigenvalue weighted by molar-refractivity contribution is 0.192. The van der Waals surface area contributed by atoms with E-state index in [1.807, 2.05) is 0 Å². The molecule has 1 aliphatic heterocycles. The van der Waals surface area contributed by atoms with Crippen LogP contribution in [0.15, 0.2) is 17.5 Å². The summed E-state index contributed by atoms with van der Waals surface area (Å²) in [4.78, 5) is 16.3. The van der Waals surface area contributed by atoms with Crippen molar-refractivity contribution >= 4 is 17.4 Å². The summed E-state index contributed by atoms with van der Waals surface area (Å²) in [5.74, 6) is 0. The van der Waals surface area contributed by atoms with Gasteiger partial charge in [-0.3, -0.25) is 4.90 Å². The van der Waals surface area contributed by atoms with Crippen molar-refractivity contribution in [3.8, 4) is 0 Å². The Morgan fingerprint density at radius 1 is 1.22 bits per heavy atom. The van der Waals surface area contributed by atoms with Crippen LogP contribution in [0, 0.1) is 0 Å². The summed E-state index contributed by atoms with van der Waals surface area (Å²) in [7, 11) is 0. The zero-order chi connectivity index (χ0) is 16.1. The molecule has 3 rings (SSSR count). The van der Waals surface area contributed by atoms with E-state index in [9.17, 15) is 4.79 Å². The van der Waals surface area contributed by atoms with E-state index in [4.69, 9.17) is 0 Å². The first-order chi connectivity index (χ1) is 11.2.